The van der Waals surface area contributed by atoms with Gasteiger partial charge < -0.3 is 15.0 Å². The summed E-state index contributed by atoms with van der Waals surface area (Å²) in [6.07, 6.45) is 0. The number of ether oxygens (including phenoxy) is 1. The number of aryl methyl sites for hydroxylation is 1. The molecule has 0 unspecified atom stereocenters. The fourth-order valence-electron chi connectivity index (χ4n) is 2.52. The third-order valence-corrected chi connectivity index (χ3v) is 5.10. The maximum atomic E-state index is 12.5. The highest BCUT2D eigenvalue weighted by Gasteiger charge is 2.15. The predicted molar refractivity (Wildman–Crippen MR) is 111 cm³/mol. The van der Waals surface area contributed by atoms with E-state index < -0.39 is 0 Å². The van der Waals surface area contributed by atoms with Crippen LogP contribution in [0.2, 0.25) is 0 Å². The smallest absolute Gasteiger partial charge is 0.338 e. The third-order valence-electron chi connectivity index (χ3n) is 4.69. The topological polar surface area (TPSA) is 41.6 Å². The first kappa shape index (κ1) is 19.9. The van der Waals surface area contributed by atoms with Crippen molar-refractivity contribution in [2.75, 3.05) is 18.9 Å². The number of hydrogen-bond acceptors (Lipinski definition) is 3. The minimum Gasteiger partial charge on any atom is -0.457 e. The molecule has 0 fully saturated rings. The van der Waals surface area contributed by atoms with Gasteiger partial charge in [0.1, 0.15) is 6.61 Å². The molecular formula is C21H26N2O2S. The third kappa shape index (κ3) is 4.61. The summed E-state index contributed by atoms with van der Waals surface area (Å²) in [5.74, 6) is -0.311. The Bertz CT molecular complexity index is 818. The number of carbonyl (C=O) groups is 1. The molecule has 2 aromatic rings. The Morgan fingerprint density at radius 1 is 1.12 bits per heavy atom. The Balaban J connectivity index is 2.12. The molecule has 0 aromatic heterocycles. The summed E-state index contributed by atoms with van der Waals surface area (Å²) in [5, 5.41) is 3.90. The monoisotopic (exact) mass is 370 g/mol. The van der Waals surface area contributed by atoms with Crippen LogP contribution in [0.15, 0.2) is 36.4 Å². The van der Waals surface area contributed by atoms with Gasteiger partial charge in [0, 0.05) is 19.3 Å². The molecule has 26 heavy (non-hydrogen) atoms. The fourth-order valence-corrected chi connectivity index (χ4v) is 2.76. The van der Waals surface area contributed by atoms with Crippen molar-refractivity contribution in [2.45, 2.75) is 34.3 Å². The van der Waals surface area contributed by atoms with Crippen molar-refractivity contribution in [3.05, 3.63) is 64.2 Å². The van der Waals surface area contributed by atoms with Crippen molar-refractivity contribution in [1.29, 1.82) is 0 Å². The predicted octanol–water partition coefficient (Wildman–Crippen LogP) is 4.62. The normalized spacial score (nSPS) is 10.3. The number of thiocarbonyl (C=S) groups is 1. The summed E-state index contributed by atoms with van der Waals surface area (Å²) in [5.41, 5.74) is 5.50. The highest BCUT2D eigenvalue weighted by atomic mass is 32.1. The number of carbonyl (C=O) groups excluding carboxylic acids is 1. The number of anilines is 1. The lowest BCUT2D eigenvalue weighted by Crippen LogP contribution is -2.31. The van der Waals surface area contributed by atoms with Crippen LogP contribution in [0.4, 0.5) is 5.69 Å². The summed E-state index contributed by atoms with van der Waals surface area (Å²) in [7, 11) is 1.94. The van der Waals surface area contributed by atoms with Crippen LogP contribution in [-0.2, 0) is 11.3 Å². The molecule has 0 saturated carbocycles. The maximum Gasteiger partial charge on any atom is 0.338 e. The van der Waals surface area contributed by atoms with E-state index in [0.717, 1.165) is 34.5 Å². The van der Waals surface area contributed by atoms with E-state index in [2.05, 4.69) is 5.32 Å². The van der Waals surface area contributed by atoms with Crippen molar-refractivity contribution < 1.29 is 9.53 Å². The zero-order valence-electron chi connectivity index (χ0n) is 16.1. The Morgan fingerprint density at radius 2 is 1.81 bits per heavy atom. The summed E-state index contributed by atoms with van der Waals surface area (Å²) in [6.45, 7) is 9.05. The molecule has 5 heteroatoms. The summed E-state index contributed by atoms with van der Waals surface area (Å²) in [4.78, 5) is 14.5. The molecule has 138 valence electrons. The van der Waals surface area contributed by atoms with Gasteiger partial charge in [-0.05, 0) is 74.3 Å². The molecule has 0 radical (unpaired) electrons. The first-order valence-electron chi connectivity index (χ1n) is 8.69. The Hall–Kier alpha value is -2.40. The molecule has 0 bridgehead atoms. The quantitative estimate of drug-likeness (QED) is 0.614. The first-order valence-corrected chi connectivity index (χ1v) is 9.10. The van der Waals surface area contributed by atoms with Crippen molar-refractivity contribution >= 4 is 29.0 Å². The van der Waals surface area contributed by atoms with Crippen molar-refractivity contribution in [1.82, 2.24) is 4.90 Å². The number of nitrogens with zero attached hydrogens (tertiary/aromatic N) is 1. The minimum absolute atomic E-state index is 0.273. The van der Waals surface area contributed by atoms with Gasteiger partial charge in [0.05, 0.1) is 5.56 Å². The van der Waals surface area contributed by atoms with Crippen LogP contribution in [0.5, 0.6) is 0 Å². The van der Waals surface area contributed by atoms with Crippen LogP contribution in [0, 0.1) is 20.8 Å². The average molecular weight is 371 g/mol. The molecule has 0 aliphatic rings. The molecule has 0 saturated heterocycles. The van der Waals surface area contributed by atoms with E-state index in [-0.39, 0.29) is 12.6 Å². The molecule has 0 amide bonds. The number of esters is 1. The standard InChI is InChI=1S/C21H26N2O2S/c1-6-23(5)21(26)22-19-12-11-18(15(3)16(19)4)20(24)25-13-17-10-8-7-9-14(17)2/h7-12H,6,13H2,1-5H3,(H,22,26). The van der Waals surface area contributed by atoms with Crippen LogP contribution >= 0.6 is 12.2 Å². The summed E-state index contributed by atoms with van der Waals surface area (Å²) in [6, 6.07) is 11.6. The molecule has 0 spiro atoms. The maximum absolute atomic E-state index is 12.5. The Morgan fingerprint density at radius 3 is 2.46 bits per heavy atom. The fraction of sp³-hybridized carbons (Fsp3) is 0.333. The van der Waals surface area contributed by atoms with Gasteiger partial charge in [-0.15, -0.1) is 0 Å². The minimum atomic E-state index is -0.311. The zero-order valence-corrected chi connectivity index (χ0v) is 16.9. The number of nitrogens with one attached hydrogen (secondary N) is 1. The van der Waals surface area contributed by atoms with Crippen LogP contribution in [0.25, 0.3) is 0 Å². The van der Waals surface area contributed by atoms with E-state index in [0.29, 0.717) is 10.7 Å². The van der Waals surface area contributed by atoms with Crippen LogP contribution in [0.1, 0.15) is 39.5 Å². The first-order chi connectivity index (χ1) is 12.3. The molecule has 1 N–H and O–H groups in total. The van der Waals surface area contributed by atoms with E-state index in [1.807, 2.05) is 70.0 Å². The molecule has 0 atom stereocenters. The van der Waals surface area contributed by atoms with E-state index in [1.54, 1.807) is 6.07 Å². The molecule has 0 aliphatic heterocycles. The molecule has 2 rings (SSSR count). The SMILES string of the molecule is CCN(C)C(=S)Nc1ccc(C(=O)OCc2ccccc2C)c(C)c1C. The lowest BCUT2D eigenvalue weighted by molar-refractivity contribution is 0.0471. The molecule has 0 heterocycles. The van der Waals surface area contributed by atoms with Gasteiger partial charge in [0.25, 0.3) is 0 Å². The number of rotatable bonds is 5. The zero-order chi connectivity index (χ0) is 19.3. The van der Waals surface area contributed by atoms with Gasteiger partial charge in [0.15, 0.2) is 5.11 Å². The van der Waals surface area contributed by atoms with Gasteiger partial charge in [0.2, 0.25) is 0 Å². The van der Waals surface area contributed by atoms with Gasteiger partial charge >= 0.3 is 5.97 Å². The van der Waals surface area contributed by atoms with Crippen LogP contribution in [-0.4, -0.2) is 29.6 Å². The van der Waals surface area contributed by atoms with Crippen LogP contribution in [0.3, 0.4) is 0 Å². The second-order valence-corrected chi connectivity index (χ2v) is 6.74. The second kappa shape index (κ2) is 8.81. The van der Waals surface area contributed by atoms with E-state index >= 15 is 0 Å². The number of hydrogen-bond donors (Lipinski definition) is 1. The molecule has 2 aromatic carbocycles. The Kier molecular flexibility index (Phi) is 6.75. The Labute approximate surface area is 161 Å². The summed E-state index contributed by atoms with van der Waals surface area (Å²) < 4.78 is 5.51. The van der Waals surface area contributed by atoms with Crippen molar-refractivity contribution in [3.63, 3.8) is 0 Å². The van der Waals surface area contributed by atoms with Crippen molar-refractivity contribution in [3.8, 4) is 0 Å². The number of benzene rings is 2. The van der Waals surface area contributed by atoms with Gasteiger partial charge in [-0.2, -0.15) is 0 Å². The largest absolute Gasteiger partial charge is 0.457 e. The van der Waals surface area contributed by atoms with E-state index in [4.69, 9.17) is 17.0 Å². The lowest BCUT2D eigenvalue weighted by Gasteiger charge is -2.21. The summed E-state index contributed by atoms with van der Waals surface area (Å²) >= 11 is 5.38. The molecule has 0 aliphatic carbocycles. The van der Waals surface area contributed by atoms with Gasteiger partial charge in [-0.3, -0.25) is 0 Å². The van der Waals surface area contributed by atoms with Crippen molar-refractivity contribution in [2.24, 2.45) is 0 Å². The lowest BCUT2D eigenvalue weighted by atomic mass is 10.0. The highest BCUT2D eigenvalue weighted by Crippen LogP contribution is 2.23. The van der Waals surface area contributed by atoms with Gasteiger partial charge in [-0.25, -0.2) is 4.79 Å². The van der Waals surface area contributed by atoms with E-state index in [9.17, 15) is 4.79 Å². The molecular weight excluding hydrogens is 344 g/mol. The highest BCUT2D eigenvalue weighted by molar-refractivity contribution is 7.80. The second-order valence-electron chi connectivity index (χ2n) is 6.36. The van der Waals surface area contributed by atoms with Gasteiger partial charge in [-0.1, -0.05) is 24.3 Å². The molecule has 4 nitrogen and oxygen atoms in total. The average Bonchev–Trinajstić information content (AvgIpc) is 2.63. The van der Waals surface area contributed by atoms with Crippen LogP contribution < -0.4 is 5.32 Å². The van der Waals surface area contributed by atoms with E-state index in [1.165, 1.54) is 0 Å².